The minimum absolute atomic E-state index is 0.784. The van der Waals surface area contributed by atoms with Crippen LogP contribution >= 0.6 is 8.58 Å². The highest BCUT2D eigenvalue weighted by Gasteiger charge is 2.36. The first kappa shape index (κ1) is 14.8. The van der Waals surface area contributed by atoms with E-state index in [1.165, 1.54) is 53.5 Å². The average molecular weight is 269 g/mol. The fraction of sp³-hybridized carbons (Fsp3) is 1.00. The quantitative estimate of drug-likeness (QED) is 0.670. The third-order valence-electron chi connectivity index (χ3n) is 5.62. The third kappa shape index (κ3) is 3.28. The predicted octanol–water partition coefficient (Wildman–Crippen LogP) is 4.36. The van der Waals surface area contributed by atoms with Crippen molar-refractivity contribution in [3.05, 3.63) is 0 Å². The molecule has 0 spiro atoms. The van der Waals surface area contributed by atoms with Gasteiger partial charge in [-0.15, -0.1) is 8.58 Å². The summed E-state index contributed by atoms with van der Waals surface area (Å²) in [5.41, 5.74) is 2.15. The van der Waals surface area contributed by atoms with Gasteiger partial charge in [0.1, 0.15) is 0 Å². The van der Waals surface area contributed by atoms with Crippen molar-refractivity contribution in [3.63, 3.8) is 0 Å². The Morgan fingerprint density at radius 3 is 2.39 bits per heavy atom. The zero-order valence-corrected chi connectivity index (χ0v) is 13.8. The Kier molecular flexibility index (Phi) is 5.51. The summed E-state index contributed by atoms with van der Waals surface area (Å²) in [4.78, 5) is 2.44. The minimum atomic E-state index is 0.784. The van der Waals surface area contributed by atoms with E-state index in [2.05, 4.69) is 32.8 Å². The molecule has 6 unspecified atom stereocenters. The first-order valence-electron chi connectivity index (χ1n) is 8.06. The standard InChI is InChI=1S/C16H32NP/c1-5-13-8-6-10-15(13)18-16-11-7-9-14(16)12(2)17(3)4/h12-16,18H,5-11H2,1-4H3. The highest BCUT2D eigenvalue weighted by molar-refractivity contribution is 7.39. The topological polar surface area (TPSA) is 3.24 Å². The largest absolute Gasteiger partial charge is 0.306 e. The molecule has 2 heteroatoms. The Morgan fingerprint density at radius 2 is 1.72 bits per heavy atom. The molecule has 6 atom stereocenters. The van der Waals surface area contributed by atoms with E-state index < -0.39 is 0 Å². The summed E-state index contributed by atoms with van der Waals surface area (Å²) in [5, 5.41) is 0. The monoisotopic (exact) mass is 269 g/mol. The van der Waals surface area contributed by atoms with Gasteiger partial charge in [-0.05, 0) is 69.9 Å². The lowest BCUT2D eigenvalue weighted by molar-refractivity contribution is 0.232. The van der Waals surface area contributed by atoms with Crippen molar-refractivity contribution in [2.75, 3.05) is 14.1 Å². The fourth-order valence-corrected chi connectivity index (χ4v) is 6.83. The Bertz CT molecular complexity index is 253. The molecule has 0 aromatic heterocycles. The van der Waals surface area contributed by atoms with Crippen LogP contribution in [0.4, 0.5) is 0 Å². The summed E-state index contributed by atoms with van der Waals surface area (Å²) in [7, 11) is 5.78. The predicted molar refractivity (Wildman–Crippen MR) is 84.0 cm³/mol. The van der Waals surface area contributed by atoms with E-state index in [1.807, 2.05) is 0 Å². The van der Waals surface area contributed by atoms with Crippen molar-refractivity contribution < 1.29 is 0 Å². The second kappa shape index (κ2) is 6.71. The maximum atomic E-state index is 2.44. The zero-order valence-electron chi connectivity index (χ0n) is 12.8. The van der Waals surface area contributed by atoms with Crippen molar-refractivity contribution in [2.45, 2.75) is 76.2 Å². The van der Waals surface area contributed by atoms with Crippen LogP contribution in [-0.2, 0) is 0 Å². The maximum Gasteiger partial charge on any atom is 0.00950 e. The maximum absolute atomic E-state index is 2.44. The third-order valence-corrected chi connectivity index (χ3v) is 7.95. The van der Waals surface area contributed by atoms with Crippen LogP contribution in [0.5, 0.6) is 0 Å². The summed E-state index contributed by atoms with van der Waals surface area (Å²) >= 11 is 0. The second-order valence-corrected chi connectivity index (χ2v) is 8.59. The molecular weight excluding hydrogens is 237 g/mol. The molecule has 2 rings (SSSR count). The van der Waals surface area contributed by atoms with E-state index in [0.29, 0.717) is 0 Å². The number of hydrogen-bond acceptors (Lipinski definition) is 1. The summed E-state index contributed by atoms with van der Waals surface area (Å²) < 4.78 is 0. The van der Waals surface area contributed by atoms with E-state index in [0.717, 1.165) is 29.2 Å². The van der Waals surface area contributed by atoms with Gasteiger partial charge in [0.15, 0.2) is 0 Å². The molecule has 106 valence electrons. The molecule has 1 nitrogen and oxygen atoms in total. The molecule has 2 aliphatic rings. The molecule has 0 amide bonds. The van der Waals surface area contributed by atoms with Crippen LogP contribution in [0.1, 0.15) is 58.8 Å². The lowest BCUT2D eigenvalue weighted by Gasteiger charge is -2.33. The Labute approximate surface area is 116 Å². The van der Waals surface area contributed by atoms with E-state index >= 15 is 0 Å². The first-order valence-corrected chi connectivity index (χ1v) is 9.21. The van der Waals surface area contributed by atoms with Crippen LogP contribution in [0.3, 0.4) is 0 Å². The fourth-order valence-electron chi connectivity index (χ4n) is 4.18. The molecule has 2 aliphatic carbocycles. The Hall–Kier alpha value is 0.390. The minimum Gasteiger partial charge on any atom is -0.306 e. The summed E-state index contributed by atoms with van der Waals surface area (Å²) in [6, 6.07) is 0.784. The first-order chi connectivity index (χ1) is 8.63. The van der Waals surface area contributed by atoms with Gasteiger partial charge in [0.05, 0.1) is 0 Å². The van der Waals surface area contributed by atoms with Crippen LogP contribution in [0.2, 0.25) is 0 Å². The van der Waals surface area contributed by atoms with Crippen LogP contribution in [0, 0.1) is 11.8 Å². The lowest BCUT2D eigenvalue weighted by atomic mass is 9.98. The molecule has 0 aromatic rings. The number of rotatable bonds is 5. The van der Waals surface area contributed by atoms with Crippen molar-refractivity contribution in [3.8, 4) is 0 Å². The highest BCUT2D eigenvalue weighted by atomic mass is 31.1. The molecule has 0 radical (unpaired) electrons. The van der Waals surface area contributed by atoms with E-state index in [1.54, 1.807) is 0 Å². The Morgan fingerprint density at radius 1 is 1.06 bits per heavy atom. The molecule has 0 aliphatic heterocycles. The number of nitrogens with zero attached hydrogens (tertiary/aromatic N) is 1. The highest BCUT2D eigenvalue weighted by Crippen LogP contribution is 2.49. The second-order valence-electron chi connectivity index (χ2n) is 6.78. The molecule has 18 heavy (non-hydrogen) atoms. The van der Waals surface area contributed by atoms with Gasteiger partial charge < -0.3 is 4.90 Å². The van der Waals surface area contributed by atoms with Crippen LogP contribution in [-0.4, -0.2) is 36.4 Å². The average Bonchev–Trinajstić information content (AvgIpc) is 2.97. The van der Waals surface area contributed by atoms with E-state index in [9.17, 15) is 0 Å². The van der Waals surface area contributed by atoms with Crippen molar-refractivity contribution >= 4 is 8.58 Å². The molecule has 0 heterocycles. The van der Waals surface area contributed by atoms with Gasteiger partial charge in [-0.1, -0.05) is 26.2 Å². The van der Waals surface area contributed by atoms with Gasteiger partial charge in [0.2, 0.25) is 0 Å². The van der Waals surface area contributed by atoms with E-state index in [4.69, 9.17) is 0 Å². The Balaban J connectivity index is 1.91. The SMILES string of the molecule is CCC1CCCC1PC1CCCC1C(C)N(C)C. The van der Waals surface area contributed by atoms with Crippen LogP contribution in [0.25, 0.3) is 0 Å². The van der Waals surface area contributed by atoms with Crippen molar-refractivity contribution in [1.82, 2.24) is 4.90 Å². The molecule has 0 saturated heterocycles. The van der Waals surface area contributed by atoms with Crippen LogP contribution in [0.15, 0.2) is 0 Å². The normalized spacial score (nSPS) is 39.2. The molecule has 0 bridgehead atoms. The van der Waals surface area contributed by atoms with Crippen molar-refractivity contribution in [1.29, 1.82) is 0 Å². The number of hydrogen-bond donors (Lipinski definition) is 0. The van der Waals surface area contributed by atoms with Gasteiger partial charge in [-0.2, -0.15) is 0 Å². The van der Waals surface area contributed by atoms with Gasteiger partial charge in [0.25, 0.3) is 0 Å². The summed E-state index contributed by atoms with van der Waals surface area (Å²) in [6.07, 6.45) is 10.5. The van der Waals surface area contributed by atoms with Crippen molar-refractivity contribution in [2.24, 2.45) is 11.8 Å². The van der Waals surface area contributed by atoms with Gasteiger partial charge >= 0.3 is 0 Å². The summed E-state index contributed by atoms with van der Waals surface area (Å²) in [6.45, 7) is 4.85. The van der Waals surface area contributed by atoms with Gasteiger partial charge in [-0.25, -0.2) is 0 Å². The lowest BCUT2D eigenvalue weighted by Crippen LogP contribution is -2.35. The van der Waals surface area contributed by atoms with Gasteiger partial charge in [0, 0.05) is 6.04 Å². The molecule has 0 aromatic carbocycles. The summed E-state index contributed by atoms with van der Waals surface area (Å²) in [5.74, 6) is 2.05. The zero-order chi connectivity index (χ0) is 13.1. The molecule has 2 saturated carbocycles. The molecule has 2 fully saturated rings. The van der Waals surface area contributed by atoms with Gasteiger partial charge in [-0.3, -0.25) is 0 Å². The molecular formula is C16H32NP. The smallest absolute Gasteiger partial charge is 0.00950 e. The van der Waals surface area contributed by atoms with Crippen LogP contribution < -0.4 is 0 Å². The molecule has 0 N–H and O–H groups in total. The van der Waals surface area contributed by atoms with E-state index in [-0.39, 0.29) is 0 Å².